The standard InChI is InChI=1S/C15H17O2P.C2H6/c1-2-13-18(16-14-9-5-3-6-10-14)17-15-11-7-4-8-12-15;1-2/h3-12H,2,13H2,1H3;1-2H3. The first kappa shape index (κ1) is 16.5. The fraction of sp³-hybridized carbons (Fsp3) is 0.294. The Morgan fingerprint density at radius 3 is 1.50 bits per heavy atom. The van der Waals surface area contributed by atoms with E-state index in [9.17, 15) is 0 Å². The molecule has 0 aliphatic heterocycles. The van der Waals surface area contributed by atoms with Crippen LogP contribution >= 0.6 is 8.38 Å². The fourth-order valence-corrected chi connectivity index (χ4v) is 2.79. The lowest BCUT2D eigenvalue weighted by Crippen LogP contribution is -1.99. The van der Waals surface area contributed by atoms with Gasteiger partial charge >= 0.3 is 0 Å². The summed E-state index contributed by atoms with van der Waals surface area (Å²) in [5.74, 6) is 1.74. The number of hydrogen-bond acceptors (Lipinski definition) is 2. The molecule has 0 amide bonds. The number of benzene rings is 2. The topological polar surface area (TPSA) is 18.5 Å². The molecule has 0 heterocycles. The highest BCUT2D eigenvalue weighted by Crippen LogP contribution is 2.40. The van der Waals surface area contributed by atoms with Crippen LogP contribution in [0.3, 0.4) is 0 Å². The first-order chi connectivity index (χ1) is 9.88. The molecule has 108 valence electrons. The van der Waals surface area contributed by atoms with Gasteiger partial charge in [-0.3, -0.25) is 0 Å². The van der Waals surface area contributed by atoms with E-state index in [1.165, 1.54) is 0 Å². The zero-order chi connectivity index (χ0) is 14.6. The maximum atomic E-state index is 5.90. The molecule has 0 aliphatic rings. The van der Waals surface area contributed by atoms with Gasteiger partial charge in [-0.1, -0.05) is 57.2 Å². The van der Waals surface area contributed by atoms with E-state index in [0.717, 1.165) is 24.1 Å². The van der Waals surface area contributed by atoms with Crippen LogP contribution in [-0.2, 0) is 0 Å². The molecular weight excluding hydrogens is 267 g/mol. The lowest BCUT2D eigenvalue weighted by molar-refractivity contribution is 0.488. The molecular formula is C17H23O2P. The summed E-state index contributed by atoms with van der Waals surface area (Å²) in [6.45, 7) is 6.14. The monoisotopic (exact) mass is 290 g/mol. The van der Waals surface area contributed by atoms with E-state index in [1.807, 2.05) is 74.5 Å². The second kappa shape index (κ2) is 10.3. The Bertz CT molecular complexity index is 404. The molecule has 2 rings (SSSR count). The predicted octanol–water partition coefficient (Wildman–Crippen LogP) is 5.89. The second-order valence-corrected chi connectivity index (χ2v) is 5.34. The van der Waals surface area contributed by atoms with E-state index in [2.05, 4.69) is 6.92 Å². The van der Waals surface area contributed by atoms with Crippen LogP contribution in [0.1, 0.15) is 27.2 Å². The summed E-state index contributed by atoms with van der Waals surface area (Å²) in [4.78, 5) is 0. The Kier molecular flexibility index (Phi) is 8.49. The van der Waals surface area contributed by atoms with E-state index in [4.69, 9.17) is 9.05 Å². The lowest BCUT2D eigenvalue weighted by atomic mass is 10.3. The van der Waals surface area contributed by atoms with Crippen molar-refractivity contribution in [3.63, 3.8) is 0 Å². The Balaban J connectivity index is 0.000000956. The van der Waals surface area contributed by atoms with Crippen molar-refractivity contribution in [2.24, 2.45) is 0 Å². The summed E-state index contributed by atoms with van der Waals surface area (Å²) >= 11 is 0. The quantitative estimate of drug-likeness (QED) is 0.617. The van der Waals surface area contributed by atoms with Crippen molar-refractivity contribution >= 4 is 8.38 Å². The van der Waals surface area contributed by atoms with E-state index in [0.29, 0.717) is 0 Å². The molecule has 0 N–H and O–H groups in total. The molecule has 0 saturated heterocycles. The highest BCUT2D eigenvalue weighted by atomic mass is 31.2. The molecule has 20 heavy (non-hydrogen) atoms. The van der Waals surface area contributed by atoms with Crippen molar-refractivity contribution in [2.75, 3.05) is 6.16 Å². The van der Waals surface area contributed by atoms with Crippen LogP contribution in [0.25, 0.3) is 0 Å². The van der Waals surface area contributed by atoms with Crippen molar-refractivity contribution in [2.45, 2.75) is 27.2 Å². The minimum absolute atomic E-state index is 0.869. The average molecular weight is 290 g/mol. The molecule has 0 aromatic heterocycles. The van der Waals surface area contributed by atoms with Gasteiger partial charge < -0.3 is 9.05 Å². The molecule has 3 heteroatoms. The average Bonchev–Trinajstić information content (AvgIpc) is 2.51. The summed E-state index contributed by atoms with van der Waals surface area (Å²) in [6, 6.07) is 19.7. The minimum Gasteiger partial charge on any atom is -0.439 e. The third-order valence-corrected chi connectivity index (χ3v) is 3.95. The zero-order valence-electron chi connectivity index (χ0n) is 12.5. The zero-order valence-corrected chi connectivity index (χ0v) is 13.3. The van der Waals surface area contributed by atoms with Crippen LogP contribution < -0.4 is 9.05 Å². The largest absolute Gasteiger partial charge is 0.439 e. The van der Waals surface area contributed by atoms with Gasteiger partial charge in [0.15, 0.2) is 0 Å². The van der Waals surface area contributed by atoms with E-state index in [1.54, 1.807) is 0 Å². The van der Waals surface area contributed by atoms with Crippen molar-refractivity contribution in [3.8, 4) is 11.5 Å². The maximum Gasteiger partial charge on any atom is 0.290 e. The van der Waals surface area contributed by atoms with Crippen LogP contribution in [0, 0.1) is 0 Å². The van der Waals surface area contributed by atoms with Gasteiger partial charge in [0.25, 0.3) is 8.38 Å². The van der Waals surface area contributed by atoms with E-state index in [-0.39, 0.29) is 0 Å². The second-order valence-electron chi connectivity index (χ2n) is 3.87. The van der Waals surface area contributed by atoms with Gasteiger partial charge in [-0.2, -0.15) is 0 Å². The lowest BCUT2D eigenvalue weighted by Gasteiger charge is -2.18. The van der Waals surface area contributed by atoms with Gasteiger partial charge in [0.05, 0.1) is 0 Å². The molecule has 0 aliphatic carbocycles. The van der Waals surface area contributed by atoms with Gasteiger partial charge in [0.2, 0.25) is 0 Å². The van der Waals surface area contributed by atoms with Gasteiger partial charge in [-0.25, -0.2) is 0 Å². The molecule has 0 saturated carbocycles. The maximum absolute atomic E-state index is 5.90. The first-order valence-electron chi connectivity index (χ1n) is 7.12. The van der Waals surface area contributed by atoms with Crippen LogP contribution in [0.2, 0.25) is 0 Å². The summed E-state index contributed by atoms with van der Waals surface area (Å²) in [5, 5.41) is 0. The molecule has 0 bridgehead atoms. The predicted molar refractivity (Wildman–Crippen MR) is 87.6 cm³/mol. The Labute approximate surface area is 123 Å². The van der Waals surface area contributed by atoms with Crippen LogP contribution in [0.15, 0.2) is 60.7 Å². The van der Waals surface area contributed by atoms with Crippen molar-refractivity contribution in [1.29, 1.82) is 0 Å². The van der Waals surface area contributed by atoms with Crippen LogP contribution in [0.5, 0.6) is 11.5 Å². The first-order valence-corrected chi connectivity index (χ1v) is 8.48. The highest BCUT2D eigenvalue weighted by Gasteiger charge is 2.13. The summed E-state index contributed by atoms with van der Waals surface area (Å²) < 4.78 is 11.8. The number of rotatable bonds is 6. The molecule has 0 spiro atoms. The smallest absolute Gasteiger partial charge is 0.290 e. The SMILES string of the molecule is CC.CCCP(Oc1ccccc1)Oc1ccccc1. The molecule has 0 fully saturated rings. The summed E-state index contributed by atoms with van der Waals surface area (Å²) in [7, 11) is -0.913. The van der Waals surface area contributed by atoms with Crippen LogP contribution in [-0.4, -0.2) is 6.16 Å². The van der Waals surface area contributed by atoms with Crippen molar-refractivity contribution in [1.82, 2.24) is 0 Å². The normalized spacial score (nSPS) is 9.60. The van der Waals surface area contributed by atoms with Gasteiger partial charge in [-0.05, 0) is 30.7 Å². The highest BCUT2D eigenvalue weighted by molar-refractivity contribution is 7.48. The van der Waals surface area contributed by atoms with Crippen molar-refractivity contribution < 1.29 is 9.05 Å². The Hall–Kier alpha value is -1.53. The van der Waals surface area contributed by atoms with E-state index >= 15 is 0 Å². The summed E-state index contributed by atoms with van der Waals surface area (Å²) in [6.07, 6.45) is 1.98. The Morgan fingerprint density at radius 1 is 0.750 bits per heavy atom. The van der Waals surface area contributed by atoms with Crippen molar-refractivity contribution in [3.05, 3.63) is 60.7 Å². The van der Waals surface area contributed by atoms with Gasteiger partial charge in [-0.15, -0.1) is 0 Å². The molecule has 0 radical (unpaired) electrons. The van der Waals surface area contributed by atoms with Gasteiger partial charge in [0.1, 0.15) is 11.5 Å². The summed E-state index contributed by atoms with van der Waals surface area (Å²) in [5.41, 5.74) is 0. The fourth-order valence-electron chi connectivity index (χ4n) is 1.49. The molecule has 0 unspecified atom stereocenters. The molecule has 0 atom stereocenters. The number of hydrogen-bond donors (Lipinski definition) is 0. The minimum atomic E-state index is -0.913. The molecule has 2 aromatic rings. The third kappa shape index (κ3) is 6.08. The molecule has 2 nitrogen and oxygen atoms in total. The van der Waals surface area contributed by atoms with E-state index < -0.39 is 8.38 Å². The van der Waals surface area contributed by atoms with Crippen LogP contribution in [0.4, 0.5) is 0 Å². The van der Waals surface area contributed by atoms with Gasteiger partial charge in [0, 0.05) is 6.16 Å². The molecule has 2 aromatic carbocycles. The number of para-hydroxylation sites is 2. The Morgan fingerprint density at radius 2 is 1.15 bits per heavy atom. The third-order valence-electron chi connectivity index (χ3n) is 2.31.